The lowest BCUT2D eigenvalue weighted by Crippen LogP contribution is -2.22. The van der Waals surface area contributed by atoms with Gasteiger partial charge in [0.25, 0.3) is 5.91 Å². The van der Waals surface area contributed by atoms with E-state index in [4.69, 9.17) is 0 Å². The van der Waals surface area contributed by atoms with Crippen molar-refractivity contribution in [3.05, 3.63) is 47.4 Å². The fraction of sp³-hybridized carbons (Fsp3) is 0. The Labute approximate surface area is 95.3 Å². The molecular weight excluding hydrogens is 227 g/mol. The Balaban J connectivity index is 2.22. The van der Waals surface area contributed by atoms with Gasteiger partial charge in [-0.1, -0.05) is 0 Å². The summed E-state index contributed by atoms with van der Waals surface area (Å²) in [7, 11) is 0. The van der Waals surface area contributed by atoms with Crippen molar-refractivity contribution in [2.24, 2.45) is 0 Å². The highest BCUT2D eigenvalue weighted by atomic mass is 19.1. The molecule has 3 amide bonds. The highest BCUT2D eigenvalue weighted by Gasteiger charge is 2.23. The van der Waals surface area contributed by atoms with E-state index in [-0.39, 0.29) is 11.3 Å². The molecule has 5 nitrogen and oxygen atoms in total. The van der Waals surface area contributed by atoms with E-state index in [9.17, 15) is 18.8 Å². The van der Waals surface area contributed by atoms with E-state index in [0.717, 1.165) is 18.2 Å². The number of halogens is 1. The van der Waals surface area contributed by atoms with Crippen molar-refractivity contribution in [2.45, 2.75) is 0 Å². The van der Waals surface area contributed by atoms with Crippen molar-refractivity contribution < 1.29 is 18.8 Å². The predicted molar refractivity (Wildman–Crippen MR) is 55.5 cm³/mol. The molecule has 1 aromatic carbocycles. The van der Waals surface area contributed by atoms with Crippen LogP contribution in [0.15, 0.2) is 36.0 Å². The monoisotopic (exact) mass is 234 g/mol. The van der Waals surface area contributed by atoms with Crippen molar-refractivity contribution in [1.29, 1.82) is 0 Å². The molecule has 1 fully saturated rings. The smallest absolute Gasteiger partial charge is 0.303 e. The third-order valence-electron chi connectivity index (χ3n) is 2.12. The van der Waals surface area contributed by atoms with Crippen molar-refractivity contribution in [1.82, 2.24) is 10.6 Å². The number of allylic oxidation sites excluding steroid dienone is 1. The largest absolute Gasteiger partial charge is 0.326 e. The van der Waals surface area contributed by atoms with Gasteiger partial charge in [-0.3, -0.25) is 14.9 Å². The normalized spacial score (nSPS) is 16.9. The molecule has 86 valence electrons. The molecule has 1 saturated heterocycles. The second kappa shape index (κ2) is 4.17. The zero-order chi connectivity index (χ0) is 12.4. The standard InChI is InChI=1S/C11H7FN2O3/c12-7-3-1-6(2-4-7)9(15)5-8-10(16)14-11(17)13-8/h1-5H,(H2,13,14,16,17). The summed E-state index contributed by atoms with van der Waals surface area (Å²) in [5.74, 6) is -1.61. The molecule has 1 aromatic rings. The summed E-state index contributed by atoms with van der Waals surface area (Å²) >= 11 is 0. The van der Waals surface area contributed by atoms with Gasteiger partial charge in [0.2, 0.25) is 0 Å². The molecule has 0 saturated carbocycles. The molecule has 0 atom stereocenters. The summed E-state index contributed by atoms with van der Waals surface area (Å²) in [5.41, 5.74) is 0.108. The first-order valence-electron chi connectivity index (χ1n) is 4.70. The van der Waals surface area contributed by atoms with Gasteiger partial charge in [0, 0.05) is 11.6 Å². The van der Waals surface area contributed by atoms with E-state index >= 15 is 0 Å². The highest BCUT2D eigenvalue weighted by Crippen LogP contribution is 2.06. The van der Waals surface area contributed by atoms with Crippen LogP contribution in [-0.4, -0.2) is 17.7 Å². The number of urea groups is 1. The number of hydrogen-bond acceptors (Lipinski definition) is 3. The molecule has 0 unspecified atom stereocenters. The van der Waals surface area contributed by atoms with Crippen LogP contribution in [-0.2, 0) is 4.79 Å². The Bertz CT molecular complexity index is 534. The van der Waals surface area contributed by atoms with Gasteiger partial charge in [0.05, 0.1) is 0 Å². The fourth-order valence-corrected chi connectivity index (χ4v) is 1.31. The minimum absolute atomic E-state index is 0.121. The van der Waals surface area contributed by atoms with Crippen LogP contribution >= 0.6 is 0 Å². The van der Waals surface area contributed by atoms with Crippen molar-refractivity contribution in [2.75, 3.05) is 0 Å². The SMILES string of the molecule is O=C1NC(=O)C(=CC(=O)c2ccc(F)cc2)N1. The average molecular weight is 234 g/mol. The van der Waals surface area contributed by atoms with Gasteiger partial charge in [-0.05, 0) is 24.3 Å². The van der Waals surface area contributed by atoms with Crippen LogP contribution in [0.1, 0.15) is 10.4 Å². The maximum Gasteiger partial charge on any atom is 0.326 e. The Morgan fingerprint density at radius 3 is 2.29 bits per heavy atom. The Morgan fingerprint density at radius 2 is 1.76 bits per heavy atom. The van der Waals surface area contributed by atoms with E-state index in [0.29, 0.717) is 0 Å². The summed E-state index contributed by atoms with van der Waals surface area (Å²) in [6.45, 7) is 0. The van der Waals surface area contributed by atoms with Crippen LogP contribution in [0.3, 0.4) is 0 Å². The first kappa shape index (κ1) is 11.0. The first-order chi connectivity index (χ1) is 8.06. The fourth-order valence-electron chi connectivity index (χ4n) is 1.31. The highest BCUT2D eigenvalue weighted by molar-refractivity contribution is 6.16. The van der Waals surface area contributed by atoms with Crippen LogP contribution < -0.4 is 10.6 Å². The molecule has 2 rings (SSSR count). The molecule has 1 aliphatic rings. The lowest BCUT2D eigenvalue weighted by atomic mass is 10.1. The molecule has 1 heterocycles. The molecule has 6 heteroatoms. The molecular formula is C11H7FN2O3. The zero-order valence-corrected chi connectivity index (χ0v) is 8.49. The summed E-state index contributed by atoms with van der Waals surface area (Å²) in [6.07, 6.45) is 0.994. The lowest BCUT2D eigenvalue weighted by molar-refractivity contribution is -0.115. The van der Waals surface area contributed by atoms with Crippen LogP contribution in [0.25, 0.3) is 0 Å². The molecule has 1 aliphatic heterocycles. The number of benzene rings is 1. The zero-order valence-electron chi connectivity index (χ0n) is 8.49. The van der Waals surface area contributed by atoms with Crippen LogP contribution in [0.2, 0.25) is 0 Å². The summed E-state index contributed by atoms with van der Waals surface area (Å²) in [4.78, 5) is 33.5. The van der Waals surface area contributed by atoms with Gasteiger partial charge in [-0.2, -0.15) is 0 Å². The topological polar surface area (TPSA) is 75.3 Å². The summed E-state index contributed by atoms with van der Waals surface area (Å²) in [6, 6.07) is 4.19. The first-order valence-corrected chi connectivity index (χ1v) is 4.70. The van der Waals surface area contributed by atoms with Gasteiger partial charge in [0.1, 0.15) is 11.5 Å². The molecule has 17 heavy (non-hydrogen) atoms. The molecule has 0 spiro atoms. The summed E-state index contributed by atoms with van der Waals surface area (Å²) < 4.78 is 12.6. The van der Waals surface area contributed by atoms with Gasteiger partial charge in [0.15, 0.2) is 5.78 Å². The van der Waals surface area contributed by atoms with Gasteiger partial charge < -0.3 is 5.32 Å². The third kappa shape index (κ3) is 2.36. The number of ketones is 1. The lowest BCUT2D eigenvalue weighted by Gasteiger charge is -1.96. The summed E-state index contributed by atoms with van der Waals surface area (Å²) in [5, 5.41) is 4.15. The van der Waals surface area contributed by atoms with E-state index in [1.165, 1.54) is 12.1 Å². The third-order valence-corrected chi connectivity index (χ3v) is 2.12. The molecule has 0 aliphatic carbocycles. The minimum atomic E-state index is -0.673. The minimum Gasteiger partial charge on any atom is -0.303 e. The quantitative estimate of drug-likeness (QED) is 0.450. The average Bonchev–Trinajstić information content (AvgIpc) is 2.58. The van der Waals surface area contributed by atoms with Gasteiger partial charge >= 0.3 is 6.03 Å². The number of hydrogen-bond donors (Lipinski definition) is 2. The Morgan fingerprint density at radius 1 is 1.12 bits per heavy atom. The second-order valence-corrected chi connectivity index (χ2v) is 3.34. The molecule has 0 bridgehead atoms. The van der Waals surface area contributed by atoms with Crippen molar-refractivity contribution in [3.8, 4) is 0 Å². The Hall–Kier alpha value is -2.50. The van der Waals surface area contributed by atoms with E-state index < -0.39 is 23.5 Å². The van der Waals surface area contributed by atoms with E-state index in [1.54, 1.807) is 0 Å². The number of nitrogens with one attached hydrogen (secondary N) is 2. The van der Waals surface area contributed by atoms with E-state index in [1.807, 2.05) is 5.32 Å². The van der Waals surface area contributed by atoms with Crippen molar-refractivity contribution >= 4 is 17.7 Å². The van der Waals surface area contributed by atoms with Crippen LogP contribution in [0, 0.1) is 5.82 Å². The number of amides is 3. The maximum atomic E-state index is 12.6. The van der Waals surface area contributed by atoms with Gasteiger partial charge in [-0.15, -0.1) is 0 Å². The van der Waals surface area contributed by atoms with Crippen LogP contribution in [0.4, 0.5) is 9.18 Å². The number of carbonyl (C=O) groups excluding carboxylic acids is 3. The molecule has 2 N–H and O–H groups in total. The van der Waals surface area contributed by atoms with Crippen molar-refractivity contribution in [3.63, 3.8) is 0 Å². The Kier molecular flexibility index (Phi) is 2.70. The second-order valence-electron chi connectivity index (χ2n) is 3.34. The predicted octanol–water partition coefficient (Wildman–Crippen LogP) is 0.732. The van der Waals surface area contributed by atoms with Crippen LogP contribution in [0.5, 0.6) is 0 Å². The molecule has 0 aromatic heterocycles. The number of rotatable bonds is 2. The number of carbonyl (C=O) groups is 3. The van der Waals surface area contributed by atoms with E-state index in [2.05, 4.69) is 5.32 Å². The maximum absolute atomic E-state index is 12.6. The molecule has 0 radical (unpaired) electrons. The number of imide groups is 1. The van der Waals surface area contributed by atoms with Gasteiger partial charge in [-0.25, -0.2) is 9.18 Å².